The highest BCUT2D eigenvalue weighted by atomic mass is 19.1. The van der Waals surface area contributed by atoms with Gasteiger partial charge in [0.05, 0.1) is 0 Å². The second-order valence-electron chi connectivity index (χ2n) is 9.22. The molecule has 0 unspecified atom stereocenters. The van der Waals surface area contributed by atoms with Gasteiger partial charge in [-0.25, -0.2) is 8.78 Å². The first-order valence-corrected chi connectivity index (χ1v) is 13.4. The fraction of sp³-hybridized carbons (Fsp3) is 0.188. The molecule has 3 aromatic rings. The van der Waals surface area contributed by atoms with Crippen LogP contribution >= 0.6 is 0 Å². The van der Waals surface area contributed by atoms with E-state index in [0.29, 0.717) is 37.1 Å². The lowest BCUT2D eigenvalue weighted by Crippen LogP contribution is -2.35. The Hall–Kier alpha value is -5.12. The molecule has 0 atom stereocenters. The van der Waals surface area contributed by atoms with Gasteiger partial charge in [0.1, 0.15) is 23.0 Å². The summed E-state index contributed by atoms with van der Waals surface area (Å²) < 4.78 is 26.6. The van der Waals surface area contributed by atoms with E-state index in [1.165, 1.54) is 84.9 Å². The number of carbonyl (C=O) groups excluding carboxylic acids is 4. The van der Waals surface area contributed by atoms with Crippen molar-refractivity contribution >= 4 is 35.8 Å². The summed E-state index contributed by atoms with van der Waals surface area (Å²) in [5.41, 5.74) is 1.30. The lowest BCUT2D eigenvalue weighted by molar-refractivity contribution is -0.118. The fourth-order valence-electron chi connectivity index (χ4n) is 3.60. The molecule has 0 aliphatic rings. The molecule has 3 rings (SSSR count). The van der Waals surface area contributed by atoms with Crippen LogP contribution in [0.1, 0.15) is 58.5 Å². The molecule has 0 radical (unpaired) electrons. The van der Waals surface area contributed by atoms with Gasteiger partial charge in [-0.2, -0.15) is 0 Å². The molecule has 0 aromatic heterocycles. The summed E-state index contributed by atoms with van der Waals surface area (Å²) in [6.07, 6.45) is 4.24. The van der Waals surface area contributed by atoms with Gasteiger partial charge in [-0.3, -0.25) is 19.2 Å². The number of halogens is 2. The Balaban J connectivity index is 1.77. The third-order valence-electron chi connectivity index (χ3n) is 5.83. The van der Waals surface area contributed by atoms with Gasteiger partial charge in [0.25, 0.3) is 23.6 Å². The lowest BCUT2D eigenvalue weighted by atomic mass is 10.1. The van der Waals surface area contributed by atoms with Gasteiger partial charge >= 0.3 is 0 Å². The topological polar surface area (TPSA) is 116 Å². The first kappa shape index (κ1) is 31.4. The first-order chi connectivity index (χ1) is 20.2. The molecular formula is C32H32F2N4O4. The fourth-order valence-corrected chi connectivity index (χ4v) is 3.60. The second-order valence-corrected chi connectivity index (χ2v) is 9.22. The molecule has 0 spiro atoms. The van der Waals surface area contributed by atoms with E-state index in [1.807, 2.05) is 13.8 Å². The van der Waals surface area contributed by atoms with Crippen molar-refractivity contribution in [3.8, 4) is 0 Å². The quantitative estimate of drug-likeness (QED) is 0.237. The average molecular weight is 575 g/mol. The predicted molar refractivity (Wildman–Crippen MR) is 157 cm³/mol. The van der Waals surface area contributed by atoms with Crippen molar-refractivity contribution in [3.63, 3.8) is 0 Å². The molecule has 0 aliphatic heterocycles. The van der Waals surface area contributed by atoms with Crippen molar-refractivity contribution in [3.05, 3.63) is 118 Å². The molecule has 4 N–H and O–H groups in total. The molecule has 10 heteroatoms. The lowest BCUT2D eigenvalue weighted by Gasteiger charge is -2.12. The highest BCUT2D eigenvalue weighted by molar-refractivity contribution is 6.07. The van der Waals surface area contributed by atoms with Crippen LogP contribution in [0, 0.1) is 11.6 Å². The van der Waals surface area contributed by atoms with Crippen LogP contribution in [0.25, 0.3) is 12.2 Å². The number of benzene rings is 3. The number of amides is 4. The van der Waals surface area contributed by atoms with E-state index in [0.717, 1.165) is 0 Å². The van der Waals surface area contributed by atoms with Crippen LogP contribution in [0.2, 0.25) is 0 Å². The number of hydrogen-bond acceptors (Lipinski definition) is 4. The maximum atomic E-state index is 13.3. The highest BCUT2D eigenvalue weighted by Crippen LogP contribution is 2.12. The number of nitrogens with one attached hydrogen (secondary N) is 4. The smallest absolute Gasteiger partial charge is 0.267 e. The van der Waals surface area contributed by atoms with Gasteiger partial charge in [0.2, 0.25) is 0 Å². The van der Waals surface area contributed by atoms with Crippen LogP contribution in [-0.2, 0) is 9.59 Å². The Labute approximate surface area is 242 Å². The summed E-state index contributed by atoms with van der Waals surface area (Å²) in [6.45, 7) is 4.57. The minimum absolute atomic E-state index is 0.0319. The molecule has 0 bridgehead atoms. The van der Waals surface area contributed by atoms with Gasteiger partial charge in [0, 0.05) is 24.2 Å². The molecule has 0 heterocycles. The normalized spacial score (nSPS) is 11.4. The van der Waals surface area contributed by atoms with Crippen LogP contribution in [0.4, 0.5) is 8.78 Å². The summed E-state index contributed by atoms with van der Waals surface area (Å²) in [4.78, 5) is 51.3. The largest absolute Gasteiger partial charge is 0.351 e. The number of hydrogen-bond donors (Lipinski definition) is 4. The maximum absolute atomic E-state index is 13.3. The zero-order valence-corrected chi connectivity index (χ0v) is 23.3. The Morgan fingerprint density at radius 2 is 0.905 bits per heavy atom. The van der Waals surface area contributed by atoms with Gasteiger partial charge in [-0.15, -0.1) is 0 Å². The van der Waals surface area contributed by atoms with Crippen LogP contribution in [0.5, 0.6) is 0 Å². The molecule has 218 valence electrons. The van der Waals surface area contributed by atoms with Crippen LogP contribution < -0.4 is 21.3 Å². The van der Waals surface area contributed by atoms with Crippen LogP contribution in [-0.4, -0.2) is 36.7 Å². The minimum Gasteiger partial charge on any atom is -0.351 e. The molecule has 8 nitrogen and oxygen atoms in total. The molecular weight excluding hydrogens is 542 g/mol. The Kier molecular flexibility index (Phi) is 11.7. The van der Waals surface area contributed by atoms with Crippen molar-refractivity contribution in [2.45, 2.75) is 26.7 Å². The third kappa shape index (κ3) is 9.51. The van der Waals surface area contributed by atoms with Gasteiger partial charge in [-0.1, -0.05) is 38.1 Å². The summed E-state index contributed by atoms with van der Waals surface area (Å²) in [6, 6.07) is 16.5. The Morgan fingerprint density at radius 1 is 0.571 bits per heavy atom. The van der Waals surface area contributed by atoms with Crippen molar-refractivity contribution in [1.82, 2.24) is 21.3 Å². The summed E-state index contributed by atoms with van der Waals surface area (Å²) in [7, 11) is 0. The van der Waals surface area contributed by atoms with Gasteiger partial charge < -0.3 is 21.3 Å². The van der Waals surface area contributed by atoms with E-state index < -0.39 is 35.3 Å². The first-order valence-electron chi connectivity index (χ1n) is 13.4. The molecule has 4 amide bonds. The zero-order chi connectivity index (χ0) is 30.5. The molecule has 42 heavy (non-hydrogen) atoms. The van der Waals surface area contributed by atoms with E-state index in [9.17, 15) is 28.0 Å². The molecule has 0 saturated heterocycles. The monoisotopic (exact) mass is 574 g/mol. The highest BCUT2D eigenvalue weighted by Gasteiger charge is 2.17. The van der Waals surface area contributed by atoms with Gasteiger partial charge in [0.15, 0.2) is 0 Å². The SMILES string of the molecule is CCCNC(=O)/C(=C\c1ccc(F)cc1)NC(=O)c1ccc(C(=O)N/C(=C/c2ccc(F)cc2)C(=O)NCCC)cc1. The molecule has 3 aromatic carbocycles. The van der Waals surface area contributed by atoms with Crippen molar-refractivity contribution in [2.75, 3.05) is 13.1 Å². The van der Waals surface area contributed by atoms with Gasteiger partial charge in [-0.05, 0) is 84.7 Å². The second kappa shape index (κ2) is 15.6. The summed E-state index contributed by atoms with van der Waals surface area (Å²) in [5, 5.41) is 10.6. The summed E-state index contributed by atoms with van der Waals surface area (Å²) >= 11 is 0. The Morgan fingerprint density at radius 3 is 1.21 bits per heavy atom. The number of carbonyl (C=O) groups is 4. The standard InChI is InChI=1S/C32H32F2N4O4/c1-3-17-35-31(41)27(19-21-5-13-25(33)14-6-21)37-29(39)23-9-11-24(12-10-23)30(40)38-28(32(42)36-18-4-2)20-22-7-15-26(34)16-8-22/h5-16,19-20H,3-4,17-18H2,1-2H3,(H,35,41)(H,36,42)(H,37,39)(H,38,40)/b27-19+,28-20+. The van der Waals surface area contributed by atoms with E-state index in [-0.39, 0.29) is 22.5 Å². The van der Waals surface area contributed by atoms with Crippen molar-refractivity contribution < 1.29 is 28.0 Å². The van der Waals surface area contributed by atoms with E-state index in [1.54, 1.807) is 0 Å². The maximum Gasteiger partial charge on any atom is 0.267 e. The Bertz CT molecular complexity index is 1350. The summed E-state index contributed by atoms with van der Waals surface area (Å²) in [5.74, 6) is -3.08. The average Bonchev–Trinajstić information content (AvgIpc) is 3.00. The van der Waals surface area contributed by atoms with E-state index >= 15 is 0 Å². The van der Waals surface area contributed by atoms with E-state index in [2.05, 4.69) is 21.3 Å². The molecule has 0 aliphatic carbocycles. The number of rotatable bonds is 12. The van der Waals surface area contributed by atoms with Crippen LogP contribution in [0.15, 0.2) is 84.2 Å². The van der Waals surface area contributed by atoms with E-state index in [4.69, 9.17) is 0 Å². The van der Waals surface area contributed by atoms with Crippen molar-refractivity contribution in [1.29, 1.82) is 0 Å². The molecule has 0 saturated carbocycles. The van der Waals surface area contributed by atoms with Crippen LogP contribution in [0.3, 0.4) is 0 Å². The third-order valence-corrected chi connectivity index (χ3v) is 5.83. The zero-order valence-electron chi connectivity index (χ0n) is 23.3. The predicted octanol–water partition coefficient (Wildman–Crippen LogP) is 4.56. The molecule has 0 fully saturated rings. The minimum atomic E-state index is -0.599. The van der Waals surface area contributed by atoms with Crippen molar-refractivity contribution in [2.24, 2.45) is 0 Å².